The maximum atomic E-state index is 12.5. The molecule has 1 aromatic carbocycles. The molecule has 9 nitrogen and oxygen atoms in total. The highest BCUT2D eigenvalue weighted by atomic mass is 32.2. The monoisotopic (exact) mass is 314 g/mol. The van der Waals surface area contributed by atoms with Gasteiger partial charge in [0, 0.05) is 31.8 Å². The number of rotatable bonds is 4. The van der Waals surface area contributed by atoms with Crippen LogP contribution < -0.4 is 11.1 Å². The zero-order chi connectivity index (χ0) is 15.6. The molecule has 1 aliphatic rings. The summed E-state index contributed by atoms with van der Waals surface area (Å²) in [5.41, 5.74) is 5.01. The van der Waals surface area contributed by atoms with Crippen LogP contribution >= 0.6 is 0 Å². The molecule has 1 amide bonds. The fourth-order valence-corrected chi connectivity index (χ4v) is 3.69. The Morgan fingerprint density at radius 3 is 2.52 bits per heavy atom. The van der Waals surface area contributed by atoms with E-state index in [-0.39, 0.29) is 23.7 Å². The van der Waals surface area contributed by atoms with Crippen LogP contribution in [-0.4, -0.2) is 49.2 Å². The van der Waals surface area contributed by atoms with Gasteiger partial charge in [0.1, 0.15) is 6.04 Å². The van der Waals surface area contributed by atoms with E-state index in [1.807, 2.05) is 0 Å². The summed E-state index contributed by atoms with van der Waals surface area (Å²) in [5.74, 6) is -0.743. The first kappa shape index (κ1) is 15.4. The minimum Gasteiger partial charge on any atom is -0.368 e. The number of non-ortho nitro benzene ring substituents is 1. The predicted molar refractivity (Wildman–Crippen MR) is 72.8 cm³/mol. The second-order valence-electron chi connectivity index (χ2n) is 4.49. The van der Waals surface area contributed by atoms with Gasteiger partial charge < -0.3 is 11.1 Å². The number of amides is 1. The van der Waals surface area contributed by atoms with Crippen LogP contribution in [0.5, 0.6) is 0 Å². The predicted octanol–water partition coefficient (Wildman–Crippen LogP) is -0.957. The van der Waals surface area contributed by atoms with Gasteiger partial charge in [0.25, 0.3) is 5.69 Å². The van der Waals surface area contributed by atoms with Gasteiger partial charge in [0.15, 0.2) is 0 Å². The number of nitrogens with one attached hydrogen (secondary N) is 1. The van der Waals surface area contributed by atoms with E-state index in [9.17, 15) is 23.3 Å². The lowest BCUT2D eigenvalue weighted by Crippen LogP contribution is -2.58. The number of hydrogen-bond acceptors (Lipinski definition) is 6. The second kappa shape index (κ2) is 5.76. The maximum Gasteiger partial charge on any atom is 0.269 e. The third-order valence-electron chi connectivity index (χ3n) is 3.18. The topological polar surface area (TPSA) is 136 Å². The van der Waals surface area contributed by atoms with Gasteiger partial charge in [-0.15, -0.1) is 0 Å². The molecule has 0 saturated carbocycles. The highest BCUT2D eigenvalue weighted by molar-refractivity contribution is 7.89. The summed E-state index contributed by atoms with van der Waals surface area (Å²) < 4.78 is 26.0. The Morgan fingerprint density at radius 1 is 1.38 bits per heavy atom. The molecule has 21 heavy (non-hydrogen) atoms. The highest BCUT2D eigenvalue weighted by Gasteiger charge is 2.36. The van der Waals surface area contributed by atoms with E-state index in [1.54, 1.807) is 0 Å². The van der Waals surface area contributed by atoms with Crippen molar-refractivity contribution in [3.8, 4) is 0 Å². The molecule has 1 atom stereocenters. The number of nitro groups is 1. The largest absolute Gasteiger partial charge is 0.368 e. The van der Waals surface area contributed by atoms with Gasteiger partial charge in [0.2, 0.25) is 15.9 Å². The third-order valence-corrected chi connectivity index (χ3v) is 5.10. The lowest BCUT2D eigenvalue weighted by atomic mass is 10.2. The second-order valence-corrected chi connectivity index (χ2v) is 6.38. The van der Waals surface area contributed by atoms with Crippen molar-refractivity contribution in [1.29, 1.82) is 0 Å². The van der Waals surface area contributed by atoms with Crippen LogP contribution in [0.3, 0.4) is 0 Å². The summed E-state index contributed by atoms with van der Waals surface area (Å²) >= 11 is 0. The summed E-state index contributed by atoms with van der Waals surface area (Å²) in [6.45, 7) is 0.643. The first-order chi connectivity index (χ1) is 9.84. The van der Waals surface area contributed by atoms with E-state index in [0.29, 0.717) is 6.54 Å². The molecule has 114 valence electrons. The normalized spacial score (nSPS) is 20.1. The zero-order valence-electron chi connectivity index (χ0n) is 10.9. The Kier molecular flexibility index (Phi) is 4.21. The lowest BCUT2D eigenvalue weighted by Gasteiger charge is -2.33. The van der Waals surface area contributed by atoms with Crippen molar-refractivity contribution >= 4 is 21.6 Å². The third kappa shape index (κ3) is 3.01. The molecule has 1 fully saturated rings. The average Bonchev–Trinajstić information content (AvgIpc) is 2.47. The molecule has 0 aromatic heterocycles. The number of piperazine rings is 1. The number of sulfonamides is 1. The Hall–Kier alpha value is -2.04. The van der Waals surface area contributed by atoms with Gasteiger partial charge in [-0.2, -0.15) is 4.31 Å². The minimum atomic E-state index is -3.93. The molecule has 1 aliphatic heterocycles. The van der Waals surface area contributed by atoms with Crippen LogP contribution in [0, 0.1) is 10.1 Å². The number of nitro benzene ring substituents is 1. The number of carbonyl (C=O) groups excluding carboxylic acids is 1. The van der Waals surface area contributed by atoms with Crippen molar-refractivity contribution in [3.05, 3.63) is 34.4 Å². The van der Waals surface area contributed by atoms with Gasteiger partial charge in [-0.1, -0.05) is 0 Å². The molecule has 1 unspecified atom stereocenters. The van der Waals surface area contributed by atoms with Crippen molar-refractivity contribution in [1.82, 2.24) is 9.62 Å². The number of nitrogens with two attached hydrogens (primary N) is 1. The lowest BCUT2D eigenvalue weighted by molar-refractivity contribution is -0.384. The van der Waals surface area contributed by atoms with Crippen LogP contribution in [-0.2, 0) is 14.8 Å². The number of primary amides is 1. The summed E-state index contributed by atoms with van der Waals surface area (Å²) in [4.78, 5) is 21.2. The molecular weight excluding hydrogens is 300 g/mol. The molecule has 0 bridgehead atoms. The number of hydrogen-bond donors (Lipinski definition) is 2. The van der Waals surface area contributed by atoms with Gasteiger partial charge in [-0.05, 0) is 12.1 Å². The van der Waals surface area contributed by atoms with E-state index in [0.717, 1.165) is 28.6 Å². The number of nitrogens with zero attached hydrogens (tertiary/aromatic N) is 2. The molecule has 1 saturated heterocycles. The fraction of sp³-hybridized carbons (Fsp3) is 0.364. The smallest absolute Gasteiger partial charge is 0.269 e. The van der Waals surface area contributed by atoms with Crippen molar-refractivity contribution < 1.29 is 18.1 Å². The first-order valence-corrected chi connectivity index (χ1v) is 7.54. The molecule has 10 heteroatoms. The first-order valence-electron chi connectivity index (χ1n) is 6.10. The van der Waals surface area contributed by atoms with E-state index in [1.165, 1.54) is 0 Å². The molecule has 0 radical (unpaired) electrons. The van der Waals surface area contributed by atoms with Crippen LogP contribution in [0.2, 0.25) is 0 Å². The number of carbonyl (C=O) groups is 1. The molecule has 2 rings (SSSR count). The van der Waals surface area contributed by atoms with Crippen molar-refractivity contribution in [2.75, 3.05) is 19.6 Å². The molecule has 1 heterocycles. The molecule has 0 spiro atoms. The SMILES string of the molecule is NC(=O)C1CNCCN1S(=O)(=O)c1ccc([N+](=O)[O-])cc1. The molecule has 3 N–H and O–H groups in total. The number of benzene rings is 1. The van der Waals surface area contributed by atoms with Gasteiger partial charge >= 0.3 is 0 Å². The van der Waals surface area contributed by atoms with Crippen LogP contribution in [0.25, 0.3) is 0 Å². The summed E-state index contributed by atoms with van der Waals surface area (Å²) in [6.07, 6.45) is 0. The van der Waals surface area contributed by atoms with E-state index in [4.69, 9.17) is 5.73 Å². The van der Waals surface area contributed by atoms with Crippen LogP contribution in [0.4, 0.5) is 5.69 Å². The Balaban J connectivity index is 2.35. The van der Waals surface area contributed by atoms with Crippen molar-refractivity contribution in [3.63, 3.8) is 0 Å². The summed E-state index contributed by atoms with van der Waals surface area (Å²) in [7, 11) is -3.93. The van der Waals surface area contributed by atoms with Crippen molar-refractivity contribution in [2.45, 2.75) is 10.9 Å². The minimum absolute atomic E-state index is 0.104. The van der Waals surface area contributed by atoms with Crippen LogP contribution in [0.1, 0.15) is 0 Å². The quantitative estimate of drug-likeness (QED) is 0.543. The summed E-state index contributed by atoms with van der Waals surface area (Å²) in [5, 5.41) is 13.5. The molecule has 1 aromatic rings. The fourth-order valence-electron chi connectivity index (χ4n) is 2.09. The molecular formula is C11H14N4O5S. The Labute approximate surface area is 120 Å². The van der Waals surface area contributed by atoms with Gasteiger partial charge in [-0.3, -0.25) is 14.9 Å². The summed E-state index contributed by atoms with van der Waals surface area (Å²) in [6, 6.07) is 3.53. The zero-order valence-corrected chi connectivity index (χ0v) is 11.7. The molecule has 0 aliphatic carbocycles. The standard InChI is InChI=1S/C11H14N4O5S/c12-11(16)10-7-13-5-6-14(10)21(19,20)9-3-1-8(2-4-9)15(17)18/h1-4,10,13H,5-7H2,(H2,12,16). The highest BCUT2D eigenvalue weighted by Crippen LogP contribution is 2.21. The van der Waals surface area contributed by atoms with E-state index >= 15 is 0 Å². The Bertz CT molecular complexity index is 658. The van der Waals surface area contributed by atoms with Gasteiger partial charge in [-0.25, -0.2) is 8.42 Å². The average molecular weight is 314 g/mol. The van der Waals surface area contributed by atoms with E-state index in [2.05, 4.69) is 5.32 Å². The van der Waals surface area contributed by atoms with Gasteiger partial charge in [0.05, 0.1) is 9.82 Å². The van der Waals surface area contributed by atoms with E-state index < -0.39 is 26.9 Å². The van der Waals surface area contributed by atoms with Crippen LogP contribution in [0.15, 0.2) is 29.2 Å². The van der Waals surface area contributed by atoms with Crippen molar-refractivity contribution in [2.24, 2.45) is 5.73 Å². The Morgan fingerprint density at radius 2 is 2.00 bits per heavy atom. The maximum absolute atomic E-state index is 12.5.